The summed E-state index contributed by atoms with van der Waals surface area (Å²) < 4.78 is 5.19. The van der Waals surface area contributed by atoms with Crippen LogP contribution in [-0.4, -0.2) is 25.8 Å². The average molecular weight is 230 g/mol. The van der Waals surface area contributed by atoms with Crippen molar-refractivity contribution in [3.63, 3.8) is 0 Å². The van der Waals surface area contributed by atoms with E-state index in [-0.39, 0.29) is 5.75 Å². The average Bonchev–Trinajstić information content (AvgIpc) is 2.23. The number of phenolic OH excluding ortho intramolecular Hbond substituents is 1. The molecular formula is C11H16ClNO2. The molecule has 0 heterocycles. The summed E-state index contributed by atoms with van der Waals surface area (Å²) in [7, 11) is 3.44. The van der Waals surface area contributed by atoms with Gasteiger partial charge in [-0.3, -0.25) is 0 Å². The molecule has 84 valence electrons. The molecule has 0 amide bonds. The van der Waals surface area contributed by atoms with E-state index in [1.165, 1.54) is 0 Å². The van der Waals surface area contributed by atoms with E-state index in [1.807, 2.05) is 20.0 Å². The van der Waals surface area contributed by atoms with Gasteiger partial charge in [0.15, 0.2) is 0 Å². The highest BCUT2D eigenvalue weighted by Gasteiger charge is 2.14. The van der Waals surface area contributed by atoms with Crippen molar-refractivity contribution in [2.45, 2.75) is 13.3 Å². The van der Waals surface area contributed by atoms with E-state index < -0.39 is 0 Å². The Morgan fingerprint density at radius 2 is 2.20 bits per heavy atom. The minimum atomic E-state index is 0.0988. The van der Waals surface area contributed by atoms with Gasteiger partial charge in [0.2, 0.25) is 0 Å². The number of hydrogen-bond donors (Lipinski definition) is 2. The number of phenols is 1. The molecule has 0 aliphatic heterocycles. The summed E-state index contributed by atoms with van der Waals surface area (Å²) in [5, 5.41) is 13.0. The minimum Gasteiger partial charge on any atom is -0.506 e. The Morgan fingerprint density at radius 1 is 1.53 bits per heavy atom. The number of benzene rings is 1. The number of aryl methyl sites for hydroxylation is 1. The van der Waals surface area contributed by atoms with Crippen LogP contribution in [-0.2, 0) is 6.42 Å². The van der Waals surface area contributed by atoms with E-state index in [9.17, 15) is 5.11 Å². The van der Waals surface area contributed by atoms with Gasteiger partial charge < -0.3 is 15.2 Å². The van der Waals surface area contributed by atoms with Gasteiger partial charge in [0.05, 0.1) is 7.11 Å². The molecule has 0 atom stereocenters. The number of methoxy groups -OCH3 is 1. The quantitative estimate of drug-likeness (QED) is 0.831. The van der Waals surface area contributed by atoms with Gasteiger partial charge in [-0.2, -0.15) is 0 Å². The zero-order valence-corrected chi connectivity index (χ0v) is 9.98. The topological polar surface area (TPSA) is 41.5 Å². The van der Waals surface area contributed by atoms with Crippen molar-refractivity contribution in [3.05, 3.63) is 22.2 Å². The van der Waals surface area contributed by atoms with Crippen LogP contribution in [0.3, 0.4) is 0 Å². The molecule has 15 heavy (non-hydrogen) atoms. The highest BCUT2D eigenvalue weighted by Crippen LogP contribution is 2.38. The van der Waals surface area contributed by atoms with Gasteiger partial charge >= 0.3 is 0 Å². The fourth-order valence-electron chi connectivity index (χ4n) is 1.48. The molecule has 0 saturated carbocycles. The van der Waals surface area contributed by atoms with E-state index in [0.717, 1.165) is 24.1 Å². The molecule has 1 rings (SSSR count). The predicted molar refractivity (Wildman–Crippen MR) is 62.0 cm³/mol. The summed E-state index contributed by atoms with van der Waals surface area (Å²) in [4.78, 5) is 0. The van der Waals surface area contributed by atoms with Crippen LogP contribution in [0.15, 0.2) is 6.07 Å². The van der Waals surface area contributed by atoms with Gasteiger partial charge in [0, 0.05) is 0 Å². The van der Waals surface area contributed by atoms with E-state index in [1.54, 1.807) is 7.11 Å². The molecule has 0 aromatic heterocycles. The van der Waals surface area contributed by atoms with Crippen molar-refractivity contribution < 1.29 is 9.84 Å². The van der Waals surface area contributed by atoms with Crippen LogP contribution in [0.2, 0.25) is 5.02 Å². The molecule has 0 fully saturated rings. The second-order valence-electron chi connectivity index (χ2n) is 3.40. The predicted octanol–water partition coefficient (Wildman–Crippen LogP) is 2.12. The Morgan fingerprint density at radius 3 is 2.73 bits per heavy atom. The zero-order chi connectivity index (χ0) is 11.4. The summed E-state index contributed by atoms with van der Waals surface area (Å²) in [5.74, 6) is 0.664. The van der Waals surface area contributed by atoms with Gasteiger partial charge in [0.25, 0.3) is 0 Å². The highest BCUT2D eigenvalue weighted by atomic mass is 35.5. The number of halogens is 1. The van der Waals surface area contributed by atoms with E-state index in [2.05, 4.69) is 5.32 Å². The number of ether oxygens (including phenoxy) is 1. The Labute approximate surface area is 95.0 Å². The Kier molecular flexibility index (Phi) is 4.24. The van der Waals surface area contributed by atoms with Crippen molar-refractivity contribution >= 4 is 11.6 Å². The number of hydrogen-bond acceptors (Lipinski definition) is 3. The molecule has 0 saturated heterocycles. The molecule has 0 unspecified atom stereocenters. The van der Waals surface area contributed by atoms with Gasteiger partial charge in [-0.05, 0) is 44.1 Å². The largest absolute Gasteiger partial charge is 0.506 e. The lowest BCUT2D eigenvalue weighted by molar-refractivity contribution is 0.402. The molecule has 0 spiro atoms. The standard InChI is InChI=1S/C11H16ClNO2/c1-7-6-8(4-5-13-2)11(15-3)9(12)10(7)14/h6,13-14H,4-5H2,1-3H3. The van der Waals surface area contributed by atoms with Crippen LogP contribution < -0.4 is 10.1 Å². The third-order valence-corrected chi connectivity index (χ3v) is 2.66. The van der Waals surface area contributed by atoms with Crippen LogP contribution in [0.1, 0.15) is 11.1 Å². The Balaban J connectivity index is 3.13. The third kappa shape index (κ3) is 2.55. The molecule has 0 radical (unpaired) electrons. The highest BCUT2D eigenvalue weighted by molar-refractivity contribution is 6.33. The molecule has 1 aromatic rings. The number of nitrogens with one attached hydrogen (secondary N) is 1. The smallest absolute Gasteiger partial charge is 0.144 e. The molecule has 0 aliphatic carbocycles. The van der Waals surface area contributed by atoms with Gasteiger partial charge in [0.1, 0.15) is 16.5 Å². The molecule has 1 aromatic carbocycles. The fourth-order valence-corrected chi connectivity index (χ4v) is 1.83. The van der Waals surface area contributed by atoms with Crippen molar-refractivity contribution in [1.29, 1.82) is 0 Å². The minimum absolute atomic E-state index is 0.0988. The monoisotopic (exact) mass is 229 g/mol. The first kappa shape index (κ1) is 12.1. The van der Waals surface area contributed by atoms with Gasteiger partial charge in [-0.25, -0.2) is 0 Å². The van der Waals surface area contributed by atoms with Crippen LogP contribution in [0.5, 0.6) is 11.5 Å². The summed E-state index contributed by atoms with van der Waals surface area (Å²) in [6.07, 6.45) is 0.820. The SMILES string of the molecule is CNCCc1cc(C)c(O)c(Cl)c1OC. The van der Waals surface area contributed by atoms with Crippen LogP contribution in [0, 0.1) is 6.92 Å². The summed E-state index contributed by atoms with van der Waals surface area (Å²) in [6, 6.07) is 1.90. The van der Waals surface area contributed by atoms with Crippen molar-refractivity contribution in [3.8, 4) is 11.5 Å². The second-order valence-corrected chi connectivity index (χ2v) is 3.78. The molecule has 0 bridgehead atoms. The van der Waals surface area contributed by atoms with Crippen LogP contribution >= 0.6 is 11.6 Å². The molecule has 2 N–H and O–H groups in total. The maximum Gasteiger partial charge on any atom is 0.144 e. The Hall–Kier alpha value is -0.930. The lowest BCUT2D eigenvalue weighted by Crippen LogP contribution is -2.11. The number of aromatic hydroxyl groups is 1. The normalized spacial score (nSPS) is 10.4. The van der Waals surface area contributed by atoms with Crippen molar-refractivity contribution in [2.75, 3.05) is 20.7 Å². The van der Waals surface area contributed by atoms with Crippen molar-refractivity contribution in [2.24, 2.45) is 0 Å². The first-order chi connectivity index (χ1) is 7.11. The van der Waals surface area contributed by atoms with E-state index in [4.69, 9.17) is 16.3 Å². The first-order valence-corrected chi connectivity index (χ1v) is 5.19. The maximum atomic E-state index is 9.64. The van der Waals surface area contributed by atoms with Crippen LogP contribution in [0.25, 0.3) is 0 Å². The second kappa shape index (κ2) is 5.24. The number of likely N-dealkylation sites (N-methyl/N-ethyl adjacent to an activating group) is 1. The van der Waals surface area contributed by atoms with Gasteiger partial charge in [-0.15, -0.1) is 0 Å². The lowest BCUT2D eigenvalue weighted by Gasteiger charge is -2.13. The summed E-state index contributed by atoms with van der Waals surface area (Å²) in [6.45, 7) is 2.67. The first-order valence-electron chi connectivity index (χ1n) is 4.81. The summed E-state index contributed by atoms with van der Waals surface area (Å²) in [5.41, 5.74) is 1.78. The third-order valence-electron chi connectivity index (χ3n) is 2.31. The zero-order valence-electron chi connectivity index (χ0n) is 9.22. The number of rotatable bonds is 4. The Bertz CT molecular complexity index is 353. The fraction of sp³-hybridized carbons (Fsp3) is 0.455. The summed E-state index contributed by atoms with van der Waals surface area (Å²) >= 11 is 5.99. The maximum absolute atomic E-state index is 9.64. The van der Waals surface area contributed by atoms with Gasteiger partial charge in [-0.1, -0.05) is 11.6 Å². The molecule has 0 aliphatic rings. The molecular weight excluding hydrogens is 214 g/mol. The van der Waals surface area contributed by atoms with E-state index >= 15 is 0 Å². The lowest BCUT2D eigenvalue weighted by atomic mass is 10.1. The van der Waals surface area contributed by atoms with Crippen molar-refractivity contribution in [1.82, 2.24) is 5.32 Å². The molecule has 3 nitrogen and oxygen atoms in total. The molecule has 4 heteroatoms. The van der Waals surface area contributed by atoms with Crippen LogP contribution in [0.4, 0.5) is 0 Å². The van der Waals surface area contributed by atoms with E-state index in [0.29, 0.717) is 10.8 Å².